The van der Waals surface area contributed by atoms with E-state index in [0.29, 0.717) is 12.0 Å². The van der Waals surface area contributed by atoms with Gasteiger partial charge in [-0.05, 0) is 24.1 Å². The van der Waals surface area contributed by atoms with E-state index in [4.69, 9.17) is 0 Å². The molecule has 1 amide bonds. The van der Waals surface area contributed by atoms with Crippen LogP contribution in [0.2, 0.25) is 0 Å². The number of alkyl halides is 3. The fourth-order valence-electron chi connectivity index (χ4n) is 2.76. The summed E-state index contributed by atoms with van der Waals surface area (Å²) in [4.78, 5) is 23.5. The average molecular weight is 336 g/mol. The number of carbonyl (C=O) groups excluding carboxylic acids is 1. The van der Waals surface area contributed by atoms with Gasteiger partial charge in [0.15, 0.2) is 0 Å². The maximum atomic E-state index is 13.1. The molecule has 1 aromatic carbocycles. The normalized spacial score (nSPS) is 19.8. The minimum absolute atomic E-state index is 0.204. The Morgan fingerprint density at radius 2 is 1.92 bits per heavy atom. The molecule has 24 heavy (non-hydrogen) atoms. The predicted molar refractivity (Wildman–Crippen MR) is 81.7 cm³/mol. The van der Waals surface area contributed by atoms with E-state index < -0.39 is 17.6 Å². The topological polar surface area (TPSA) is 51.1 Å². The van der Waals surface area contributed by atoms with Crippen molar-refractivity contribution in [2.45, 2.75) is 24.6 Å². The molecule has 1 aromatic heterocycles. The van der Waals surface area contributed by atoms with Gasteiger partial charge < -0.3 is 9.88 Å². The molecule has 1 fully saturated rings. The zero-order chi connectivity index (χ0) is 17.5. The lowest BCUT2D eigenvalue weighted by Gasteiger charge is -2.12. The van der Waals surface area contributed by atoms with Crippen molar-refractivity contribution in [3.05, 3.63) is 69.6 Å². The van der Waals surface area contributed by atoms with Crippen LogP contribution in [0.1, 0.15) is 33.8 Å². The second-order valence-corrected chi connectivity index (χ2v) is 5.87. The van der Waals surface area contributed by atoms with Crippen LogP contribution in [-0.4, -0.2) is 16.5 Å². The van der Waals surface area contributed by atoms with Gasteiger partial charge in [0.2, 0.25) is 5.56 Å². The molecular formula is C17H15F3N2O2. The van der Waals surface area contributed by atoms with Gasteiger partial charge in [0.25, 0.3) is 5.91 Å². The highest BCUT2D eigenvalue weighted by molar-refractivity contribution is 5.94. The van der Waals surface area contributed by atoms with Gasteiger partial charge in [-0.2, -0.15) is 13.2 Å². The van der Waals surface area contributed by atoms with Crippen LogP contribution < -0.4 is 10.9 Å². The van der Waals surface area contributed by atoms with Crippen LogP contribution in [0, 0.1) is 0 Å². The molecule has 2 aromatic rings. The zero-order valence-corrected chi connectivity index (χ0v) is 12.8. The standard InChI is InChI=1S/C17H15F3N2O2/c1-22-9-10(6-7-15(22)23)16(24)21-14-8-12(14)11-4-2-3-5-13(11)17(18,19)20/h2-7,9,12,14H,8H2,1H3,(H,21,24)/t12-,14+/m0/s1. The van der Waals surface area contributed by atoms with Crippen molar-refractivity contribution in [1.29, 1.82) is 0 Å². The molecule has 0 spiro atoms. The zero-order valence-electron chi connectivity index (χ0n) is 12.8. The lowest BCUT2D eigenvalue weighted by atomic mass is 10.0. The number of rotatable bonds is 3. The van der Waals surface area contributed by atoms with Crippen LogP contribution in [0.4, 0.5) is 13.2 Å². The monoisotopic (exact) mass is 336 g/mol. The van der Waals surface area contributed by atoms with E-state index in [2.05, 4.69) is 5.32 Å². The van der Waals surface area contributed by atoms with Crippen LogP contribution in [-0.2, 0) is 13.2 Å². The van der Waals surface area contributed by atoms with Crippen LogP contribution in [0.3, 0.4) is 0 Å². The molecular weight excluding hydrogens is 321 g/mol. The molecule has 1 N–H and O–H groups in total. The molecule has 2 atom stereocenters. The molecule has 0 aliphatic heterocycles. The van der Waals surface area contributed by atoms with Gasteiger partial charge in [0.1, 0.15) is 0 Å². The summed E-state index contributed by atoms with van der Waals surface area (Å²) in [6.45, 7) is 0. The summed E-state index contributed by atoms with van der Waals surface area (Å²) in [6, 6.07) is 7.77. The smallest absolute Gasteiger partial charge is 0.349 e. The molecule has 0 saturated heterocycles. The van der Waals surface area contributed by atoms with Crippen LogP contribution in [0.5, 0.6) is 0 Å². The molecule has 1 aliphatic rings. The van der Waals surface area contributed by atoms with Gasteiger partial charge in [-0.1, -0.05) is 18.2 Å². The first-order valence-corrected chi connectivity index (χ1v) is 7.41. The Balaban J connectivity index is 1.74. The SMILES string of the molecule is Cn1cc(C(=O)N[C@@H]2C[C@H]2c2ccccc2C(F)(F)F)ccc1=O. The van der Waals surface area contributed by atoms with Gasteiger partial charge in [0.05, 0.1) is 11.1 Å². The number of halogens is 3. The Labute approximate surface area is 135 Å². The summed E-state index contributed by atoms with van der Waals surface area (Å²) in [7, 11) is 1.53. The third-order valence-electron chi connectivity index (χ3n) is 4.12. The summed E-state index contributed by atoms with van der Waals surface area (Å²) in [6.07, 6.45) is -2.55. The van der Waals surface area contributed by atoms with Crippen LogP contribution in [0.15, 0.2) is 47.4 Å². The lowest BCUT2D eigenvalue weighted by molar-refractivity contribution is -0.138. The first kappa shape index (κ1) is 16.3. The third-order valence-corrected chi connectivity index (χ3v) is 4.12. The Kier molecular flexibility index (Phi) is 3.95. The largest absolute Gasteiger partial charge is 0.416 e. The van der Waals surface area contributed by atoms with Gasteiger partial charge >= 0.3 is 6.18 Å². The molecule has 4 nitrogen and oxygen atoms in total. The fourth-order valence-corrected chi connectivity index (χ4v) is 2.76. The summed E-state index contributed by atoms with van der Waals surface area (Å²) >= 11 is 0. The molecule has 1 aliphatic carbocycles. The van der Waals surface area contributed by atoms with E-state index in [1.54, 1.807) is 6.07 Å². The highest BCUT2D eigenvalue weighted by Crippen LogP contribution is 2.46. The van der Waals surface area contributed by atoms with E-state index in [9.17, 15) is 22.8 Å². The predicted octanol–water partition coefficient (Wildman–Crippen LogP) is 2.69. The van der Waals surface area contributed by atoms with E-state index in [-0.39, 0.29) is 23.1 Å². The number of nitrogens with zero attached hydrogens (tertiary/aromatic N) is 1. The van der Waals surface area contributed by atoms with Crippen molar-refractivity contribution in [1.82, 2.24) is 9.88 Å². The molecule has 0 bridgehead atoms. The van der Waals surface area contributed by atoms with Gasteiger partial charge in [0, 0.05) is 31.3 Å². The van der Waals surface area contributed by atoms with Crippen molar-refractivity contribution in [2.75, 3.05) is 0 Å². The summed E-state index contributed by atoms with van der Waals surface area (Å²) < 4.78 is 40.4. The van der Waals surface area contributed by atoms with E-state index in [0.717, 1.165) is 6.07 Å². The highest BCUT2D eigenvalue weighted by atomic mass is 19.4. The number of hydrogen-bond acceptors (Lipinski definition) is 2. The maximum absolute atomic E-state index is 13.1. The van der Waals surface area contributed by atoms with Crippen molar-refractivity contribution in [2.24, 2.45) is 7.05 Å². The number of nitrogens with one attached hydrogen (secondary N) is 1. The Morgan fingerprint density at radius 3 is 2.58 bits per heavy atom. The summed E-state index contributed by atoms with van der Waals surface area (Å²) in [5.41, 5.74) is -0.397. The van der Waals surface area contributed by atoms with E-state index in [1.807, 2.05) is 0 Å². The Bertz CT molecular complexity index is 842. The van der Waals surface area contributed by atoms with E-state index >= 15 is 0 Å². The number of aryl methyl sites for hydroxylation is 1. The van der Waals surface area contributed by atoms with Gasteiger partial charge in [-0.25, -0.2) is 0 Å². The number of pyridine rings is 1. The molecule has 0 unspecified atom stereocenters. The number of amides is 1. The molecule has 1 heterocycles. The van der Waals surface area contributed by atoms with Crippen LogP contribution in [0.25, 0.3) is 0 Å². The average Bonchev–Trinajstić information content (AvgIpc) is 3.28. The van der Waals surface area contributed by atoms with Gasteiger partial charge in [-0.15, -0.1) is 0 Å². The first-order valence-electron chi connectivity index (χ1n) is 7.41. The Hall–Kier alpha value is -2.57. The number of hydrogen-bond donors (Lipinski definition) is 1. The third kappa shape index (κ3) is 3.20. The van der Waals surface area contributed by atoms with Crippen molar-refractivity contribution >= 4 is 5.91 Å². The molecule has 126 valence electrons. The maximum Gasteiger partial charge on any atom is 0.416 e. The van der Waals surface area contributed by atoms with Crippen molar-refractivity contribution < 1.29 is 18.0 Å². The van der Waals surface area contributed by atoms with Gasteiger partial charge in [-0.3, -0.25) is 9.59 Å². The van der Waals surface area contributed by atoms with Crippen molar-refractivity contribution in [3.63, 3.8) is 0 Å². The molecule has 3 rings (SSSR count). The lowest BCUT2D eigenvalue weighted by Crippen LogP contribution is -2.28. The number of aromatic nitrogens is 1. The number of carbonyl (C=O) groups is 1. The Morgan fingerprint density at radius 1 is 1.21 bits per heavy atom. The number of benzene rings is 1. The second-order valence-electron chi connectivity index (χ2n) is 5.87. The molecule has 1 saturated carbocycles. The fraction of sp³-hybridized carbons (Fsp3) is 0.294. The van der Waals surface area contributed by atoms with E-state index in [1.165, 1.54) is 42.1 Å². The second kappa shape index (κ2) is 5.81. The minimum atomic E-state index is -4.41. The molecule has 0 radical (unpaired) electrons. The van der Waals surface area contributed by atoms with Crippen molar-refractivity contribution in [3.8, 4) is 0 Å². The van der Waals surface area contributed by atoms with Crippen LogP contribution >= 0.6 is 0 Å². The quantitative estimate of drug-likeness (QED) is 0.937. The first-order chi connectivity index (χ1) is 11.3. The summed E-state index contributed by atoms with van der Waals surface area (Å²) in [5, 5.41) is 2.72. The molecule has 7 heteroatoms. The minimum Gasteiger partial charge on any atom is -0.349 e. The highest BCUT2D eigenvalue weighted by Gasteiger charge is 2.44. The summed E-state index contributed by atoms with van der Waals surface area (Å²) in [5.74, 6) is -0.748.